The van der Waals surface area contributed by atoms with Crippen molar-refractivity contribution in [2.75, 3.05) is 7.11 Å². The number of ether oxygens (including phenoxy) is 1. The van der Waals surface area contributed by atoms with Gasteiger partial charge in [-0.1, -0.05) is 31.6 Å². The van der Waals surface area contributed by atoms with Crippen molar-refractivity contribution >= 4 is 0 Å². The molecule has 1 aromatic rings. The van der Waals surface area contributed by atoms with Crippen molar-refractivity contribution in [2.24, 2.45) is 0 Å². The van der Waals surface area contributed by atoms with Gasteiger partial charge in [-0.25, -0.2) is 0 Å². The molecule has 0 spiro atoms. The number of rotatable bonds is 7. The Kier molecular flexibility index (Phi) is 5.65. The number of hydrogen-bond acceptors (Lipinski definition) is 2. The second-order valence-electron chi connectivity index (χ2n) is 3.86. The summed E-state index contributed by atoms with van der Waals surface area (Å²) in [6, 6.07) is 8.54. The van der Waals surface area contributed by atoms with Crippen LogP contribution in [0.25, 0.3) is 0 Å². The molecule has 0 saturated heterocycles. The maximum Gasteiger partial charge on any atom is 0.118 e. The smallest absolute Gasteiger partial charge is 0.118 e. The van der Waals surface area contributed by atoms with Crippen molar-refractivity contribution in [1.82, 2.24) is 5.32 Å². The van der Waals surface area contributed by atoms with Gasteiger partial charge in [0.15, 0.2) is 0 Å². The fourth-order valence-electron chi connectivity index (χ4n) is 1.61. The van der Waals surface area contributed by atoms with Gasteiger partial charge in [-0.05, 0) is 24.1 Å². The van der Waals surface area contributed by atoms with E-state index < -0.39 is 0 Å². The third-order valence-electron chi connectivity index (χ3n) is 2.61. The van der Waals surface area contributed by atoms with Crippen molar-refractivity contribution in [3.05, 3.63) is 42.5 Å². The van der Waals surface area contributed by atoms with Crippen LogP contribution in [0.2, 0.25) is 0 Å². The molecule has 0 heterocycles. The van der Waals surface area contributed by atoms with Crippen LogP contribution in [-0.4, -0.2) is 13.2 Å². The molecule has 1 aromatic carbocycles. The van der Waals surface area contributed by atoms with E-state index in [1.807, 2.05) is 18.2 Å². The van der Waals surface area contributed by atoms with E-state index in [9.17, 15) is 0 Å². The third-order valence-corrected chi connectivity index (χ3v) is 2.61. The van der Waals surface area contributed by atoms with Gasteiger partial charge in [-0.3, -0.25) is 0 Å². The van der Waals surface area contributed by atoms with Gasteiger partial charge in [0.2, 0.25) is 0 Å². The van der Waals surface area contributed by atoms with Crippen LogP contribution in [-0.2, 0) is 6.54 Å². The lowest BCUT2D eigenvalue weighted by Crippen LogP contribution is -2.26. The summed E-state index contributed by atoms with van der Waals surface area (Å²) in [5.41, 5.74) is 1.27. The van der Waals surface area contributed by atoms with Crippen LogP contribution in [0.3, 0.4) is 0 Å². The van der Waals surface area contributed by atoms with Gasteiger partial charge in [0, 0.05) is 12.6 Å². The fraction of sp³-hybridized carbons (Fsp3) is 0.429. The molecular weight excluding hydrogens is 198 g/mol. The lowest BCUT2D eigenvalue weighted by atomic mass is 10.1. The topological polar surface area (TPSA) is 21.3 Å². The Morgan fingerprint density at radius 1 is 1.38 bits per heavy atom. The molecular formula is C14H21NO. The highest BCUT2D eigenvalue weighted by Gasteiger charge is 2.01. The van der Waals surface area contributed by atoms with Gasteiger partial charge in [-0.15, -0.1) is 6.58 Å². The van der Waals surface area contributed by atoms with Crippen LogP contribution in [0.15, 0.2) is 36.9 Å². The summed E-state index contributed by atoms with van der Waals surface area (Å²) in [7, 11) is 1.68. The molecule has 0 aliphatic carbocycles. The first-order valence-corrected chi connectivity index (χ1v) is 5.79. The normalized spacial score (nSPS) is 12.1. The molecule has 1 atom stereocenters. The lowest BCUT2D eigenvalue weighted by Gasteiger charge is -2.13. The molecule has 0 saturated carbocycles. The number of benzene rings is 1. The van der Waals surface area contributed by atoms with Gasteiger partial charge >= 0.3 is 0 Å². The molecule has 16 heavy (non-hydrogen) atoms. The predicted octanol–water partition coefficient (Wildman–Crippen LogP) is 3.14. The van der Waals surface area contributed by atoms with Gasteiger partial charge in [-0.2, -0.15) is 0 Å². The molecule has 0 unspecified atom stereocenters. The molecule has 0 bridgehead atoms. The second kappa shape index (κ2) is 7.07. The quantitative estimate of drug-likeness (QED) is 0.711. The van der Waals surface area contributed by atoms with Gasteiger partial charge in [0.1, 0.15) is 5.75 Å². The zero-order valence-corrected chi connectivity index (χ0v) is 10.2. The van der Waals surface area contributed by atoms with E-state index in [0.29, 0.717) is 6.04 Å². The van der Waals surface area contributed by atoms with Crippen LogP contribution in [0.5, 0.6) is 5.75 Å². The maximum atomic E-state index is 5.12. The Hall–Kier alpha value is -1.28. The highest BCUT2D eigenvalue weighted by Crippen LogP contribution is 2.11. The molecule has 2 heteroatoms. The van der Waals surface area contributed by atoms with Gasteiger partial charge in [0.05, 0.1) is 7.11 Å². The minimum atomic E-state index is 0.409. The van der Waals surface area contributed by atoms with Crippen molar-refractivity contribution in [3.63, 3.8) is 0 Å². The van der Waals surface area contributed by atoms with Crippen LogP contribution in [0, 0.1) is 0 Å². The van der Waals surface area contributed by atoms with Crippen molar-refractivity contribution in [2.45, 2.75) is 32.4 Å². The average Bonchev–Trinajstić information content (AvgIpc) is 2.35. The van der Waals surface area contributed by atoms with Crippen LogP contribution >= 0.6 is 0 Å². The second-order valence-corrected chi connectivity index (χ2v) is 3.86. The van der Waals surface area contributed by atoms with Gasteiger partial charge in [0.25, 0.3) is 0 Å². The number of methoxy groups -OCH3 is 1. The lowest BCUT2D eigenvalue weighted by molar-refractivity contribution is 0.414. The molecule has 0 radical (unpaired) electrons. The van der Waals surface area contributed by atoms with Crippen molar-refractivity contribution < 1.29 is 4.74 Å². The summed E-state index contributed by atoms with van der Waals surface area (Å²) in [5.74, 6) is 0.901. The molecule has 2 nitrogen and oxygen atoms in total. The summed E-state index contributed by atoms with van der Waals surface area (Å²) in [5, 5.41) is 3.47. The van der Waals surface area contributed by atoms with Crippen LogP contribution in [0.4, 0.5) is 0 Å². The zero-order valence-electron chi connectivity index (χ0n) is 10.2. The Balaban J connectivity index is 2.43. The highest BCUT2D eigenvalue weighted by atomic mass is 16.5. The van der Waals surface area contributed by atoms with Gasteiger partial charge < -0.3 is 10.1 Å². The van der Waals surface area contributed by atoms with E-state index in [1.165, 1.54) is 12.0 Å². The zero-order chi connectivity index (χ0) is 11.8. The molecule has 0 aliphatic rings. The number of nitrogens with one attached hydrogen (secondary N) is 1. The molecule has 0 aliphatic heterocycles. The van der Waals surface area contributed by atoms with E-state index in [4.69, 9.17) is 4.74 Å². The molecule has 0 aromatic heterocycles. The van der Waals surface area contributed by atoms with E-state index in [2.05, 4.69) is 31.0 Å². The average molecular weight is 219 g/mol. The molecule has 1 rings (SSSR count). The Morgan fingerprint density at radius 2 is 2.06 bits per heavy atom. The SMILES string of the molecule is C=C[C@@H](CCC)NCc1ccc(OC)cc1. The first-order valence-electron chi connectivity index (χ1n) is 5.79. The van der Waals surface area contributed by atoms with E-state index in [-0.39, 0.29) is 0 Å². The molecule has 88 valence electrons. The van der Waals surface area contributed by atoms with E-state index in [0.717, 1.165) is 18.7 Å². The third kappa shape index (κ3) is 4.07. The Bertz CT molecular complexity index is 305. The first kappa shape index (κ1) is 12.8. The minimum absolute atomic E-state index is 0.409. The van der Waals surface area contributed by atoms with Crippen LogP contribution in [0.1, 0.15) is 25.3 Å². The monoisotopic (exact) mass is 219 g/mol. The predicted molar refractivity (Wildman–Crippen MR) is 68.7 cm³/mol. The molecule has 0 amide bonds. The summed E-state index contributed by atoms with van der Waals surface area (Å²) < 4.78 is 5.12. The summed E-state index contributed by atoms with van der Waals surface area (Å²) in [6.45, 7) is 6.90. The van der Waals surface area contributed by atoms with Crippen molar-refractivity contribution in [3.8, 4) is 5.75 Å². The summed E-state index contributed by atoms with van der Waals surface area (Å²) in [4.78, 5) is 0. The first-order chi connectivity index (χ1) is 7.80. The van der Waals surface area contributed by atoms with E-state index in [1.54, 1.807) is 7.11 Å². The maximum absolute atomic E-state index is 5.12. The summed E-state index contributed by atoms with van der Waals surface area (Å²) >= 11 is 0. The Labute approximate surface area is 98.3 Å². The van der Waals surface area contributed by atoms with E-state index >= 15 is 0 Å². The summed E-state index contributed by atoms with van der Waals surface area (Å²) in [6.07, 6.45) is 4.29. The molecule has 1 N–H and O–H groups in total. The fourth-order valence-corrected chi connectivity index (χ4v) is 1.61. The molecule has 0 fully saturated rings. The minimum Gasteiger partial charge on any atom is -0.497 e. The van der Waals surface area contributed by atoms with Crippen LogP contribution < -0.4 is 10.1 Å². The standard InChI is InChI=1S/C14H21NO/c1-4-6-13(5-2)15-11-12-7-9-14(16-3)10-8-12/h5,7-10,13,15H,2,4,6,11H2,1,3H3/t13-/m0/s1. The number of hydrogen-bond donors (Lipinski definition) is 1. The largest absolute Gasteiger partial charge is 0.497 e. The highest BCUT2D eigenvalue weighted by molar-refractivity contribution is 5.27. The van der Waals surface area contributed by atoms with Crippen molar-refractivity contribution in [1.29, 1.82) is 0 Å². The Morgan fingerprint density at radius 3 is 2.56 bits per heavy atom.